The van der Waals surface area contributed by atoms with E-state index >= 15 is 0 Å². The molecule has 1 aliphatic rings. The van der Waals surface area contributed by atoms with Gasteiger partial charge in [-0.05, 0) is 26.2 Å². The van der Waals surface area contributed by atoms with Gasteiger partial charge in [0.05, 0.1) is 12.6 Å². The predicted octanol–water partition coefficient (Wildman–Crippen LogP) is 2.24. The second-order valence-electron chi connectivity index (χ2n) is 5.94. The van der Waals surface area contributed by atoms with E-state index in [1.54, 1.807) is 0 Å². The highest BCUT2D eigenvalue weighted by Crippen LogP contribution is 2.36. The summed E-state index contributed by atoms with van der Waals surface area (Å²) >= 11 is 0. The van der Waals surface area contributed by atoms with E-state index < -0.39 is 0 Å². The Kier molecular flexibility index (Phi) is 4.38. The van der Waals surface area contributed by atoms with Crippen LogP contribution in [0.2, 0.25) is 0 Å². The summed E-state index contributed by atoms with van der Waals surface area (Å²) in [6.07, 6.45) is 6.36. The molecule has 6 nitrogen and oxygen atoms in total. The molecular formula is C16H23N5O. The summed E-state index contributed by atoms with van der Waals surface area (Å²) in [7, 11) is 0. The van der Waals surface area contributed by atoms with E-state index in [1.807, 2.05) is 25.4 Å². The van der Waals surface area contributed by atoms with Crippen molar-refractivity contribution in [1.82, 2.24) is 19.5 Å². The molecule has 0 radical (unpaired) electrons. The molecular weight excluding hydrogens is 278 g/mol. The molecule has 2 aromatic rings. The molecule has 1 aliphatic carbocycles. The van der Waals surface area contributed by atoms with Crippen LogP contribution in [0.15, 0.2) is 18.5 Å². The summed E-state index contributed by atoms with van der Waals surface area (Å²) < 4.78 is 2.16. The first kappa shape index (κ1) is 15.0. The van der Waals surface area contributed by atoms with Gasteiger partial charge in [-0.15, -0.1) is 0 Å². The number of hydrogen-bond acceptors (Lipinski definition) is 5. The minimum atomic E-state index is -0.168. The normalized spacial score (nSPS) is 20.7. The molecule has 0 saturated heterocycles. The zero-order chi connectivity index (χ0) is 15.5. The van der Waals surface area contributed by atoms with Gasteiger partial charge in [0.1, 0.15) is 17.5 Å². The molecule has 0 atom stereocenters. The van der Waals surface area contributed by atoms with E-state index in [0.29, 0.717) is 12.5 Å². The van der Waals surface area contributed by atoms with E-state index in [-0.39, 0.29) is 6.10 Å². The molecule has 1 fully saturated rings. The Hall–Kier alpha value is -1.95. The van der Waals surface area contributed by atoms with Crippen molar-refractivity contribution in [3.05, 3.63) is 35.8 Å². The van der Waals surface area contributed by atoms with Crippen LogP contribution in [0.25, 0.3) is 0 Å². The molecule has 0 bridgehead atoms. The maximum atomic E-state index is 9.46. The predicted molar refractivity (Wildman–Crippen MR) is 84.6 cm³/mol. The van der Waals surface area contributed by atoms with Gasteiger partial charge in [0.2, 0.25) is 0 Å². The van der Waals surface area contributed by atoms with Crippen LogP contribution >= 0.6 is 0 Å². The Morgan fingerprint density at radius 2 is 2.18 bits per heavy atom. The minimum Gasteiger partial charge on any atom is -0.393 e. The van der Waals surface area contributed by atoms with Crippen LogP contribution in [0.1, 0.15) is 49.4 Å². The third-order valence-corrected chi connectivity index (χ3v) is 4.08. The van der Waals surface area contributed by atoms with Crippen molar-refractivity contribution >= 4 is 5.82 Å². The Morgan fingerprint density at radius 3 is 2.91 bits per heavy atom. The molecule has 0 aromatic carbocycles. The number of imidazole rings is 1. The quantitative estimate of drug-likeness (QED) is 0.856. The number of aryl methyl sites for hydroxylation is 2. The molecule has 3 rings (SSSR count). The van der Waals surface area contributed by atoms with E-state index in [0.717, 1.165) is 49.0 Å². The first-order valence-electron chi connectivity index (χ1n) is 7.93. The van der Waals surface area contributed by atoms with Gasteiger partial charge >= 0.3 is 0 Å². The Bertz CT molecular complexity index is 633. The lowest BCUT2D eigenvalue weighted by Crippen LogP contribution is -2.27. The third-order valence-electron chi connectivity index (χ3n) is 4.08. The molecule has 1 saturated carbocycles. The van der Waals surface area contributed by atoms with Crippen molar-refractivity contribution in [2.45, 2.75) is 58.2 Å². The van der Waals surface area contributed by atoms with Gasteiger partial charge in [0.15, 0.2) is 0 Å². The number of aromatic nitrogens is 4. The molecule has 2 N–H and O–H groups in total. The van der Waals surface area contributed by atoms with Crippen molar-refractivity contribution in [3.63, 3.8) is 0 Å². The van der Waals surface area contributed by atoms with Crippen LogP contribution in [0.5, 0.6) is 0 Å². The van der Waals surface area contributed by atoms with Gasteiger partial charge in [-0.3, -0.25) is 0 Å². The fourth-order valence-electron chi connectivity index (χ4n) is 2.84. The molecule has 0 aliphatic heterocycles. The molecule has 0 unspecified atom stereocenters. The molecule has 2 heterocycles. The topological polar surface area (TPSA) is 75.9 Å². The summed E-state index contributed by atoms with van der Waals surface area (Å²) in [5, 5.41) is 12.8. The average Bonchev–Trinajstić information content (AvgIpc) is 2.89. The Labute approximate surface area is 130 Å². The van der Waals surface area contributed by atoms with Gasteiger partial charge < -0.3 is 15.0 Å². The van der Waals surface area contributed by atoms with Crippen molar-refractivity contribution in [3.8, 4) is 0 Å². The summed E-state index contributed by atoms with van der Waals surface area (Å²) in [6.45, 7) is 5.69. The largest absolute Gasteiger partial charge is 0.393 e. The molecule has 118 valence electrons. The molecule has 0 spiro atoms. The van der Waals surface area contributed by atoms with Gasteiger partial charge in [0, 0.05) is 36.6 Å². The van der Waals surface area contributed by atoms with E-state index in [4.69, 9.17) is 0 Å². The number of nitrogens with zero attached hydrogens (tertiary/aromatic N) is 4. The van der Waals surface area contributed by atoms with Crippen molar-refractivity contribution in [2.75, 3.05) is 5.32 Å². The zero-order valence-corrected chi connectivity index (χ0v) is 13.2. The average molecular weight is 301 g/mol. The van der Waals surface area contributed by atoms with Gasteiger partial charge in [-0.25, -0.2) is 15.0 Å². The van der Waals surface area contributed by atoms with Gasteiger partial charge in [-0.2, -0.15) is 0 Å². The van der Waals surface area contributed by atoms with Gasteiger partial charge in [0.25, 0.3) is 0 Å². The van der Waals surface area contributed by atoms with Crippen LogP contribution in [0, 0.1) is 6.92 Å². The summed E-state index contributed by atoms with van der Waals surface area (Å²) in [4.78, 5) is 13.3. The van der Waals surface area contributed by atoms with Crippen molar-refractivity contribution in [2.24, 2.45) is 0 Å². The van der Waals surface area contributed by atoms with Crippen LogP contribution in [0.4, 0.5) is 5.82 Å². The lowest BCUT2D eigenvalue weighted by Gasteiger charge is -2.31. The number of anilines is 1. The highest BCUT2D eigenvalue weighted by atomic mass is 16.3. The van der Waals surface area contributed by atoms with Crippen LogP contribution < -0.4 is 5.32 Å². The summed E-state index contributed by atoms with van der Waals surface area (Å²) in [6, 6.07) is 2.00. The third kappa shape index (κ3) is 3.27. The minimum absolute atomic E-state index is 0.168. The maximum Gasteiger partial charge on any atom is 0.130 e. The molecule has 0 amide bonds. The number of aliphatic hydroxyl groups is 1. The van der Waals surface area contributed by atoms with Crippen molar-refractivity contribution in [1.29, 1.82) is 0 Å². The summed E-state index contributed by atoms with van der Waals surface area (Å²) in [5.74, 6) is 2.96. The van der Waals surface area contributed by atoms with E-state index in [1.165, 1.54) is 0 Å². The first-order chi connectivity index (χ1) is 10.7. The highest BCUT2D eigenvalue weighted by molar-refractivity contribution is 5.37. The fourth-order valence-corrected chi connectivity index (χ4v) is 2.84. The lowest BCUT2D eigenvalue weighted by molar-refractivity contribution is 0.0731. The standard InChI is InChI=1S/C16H23N5O/c1-3-5-21-6-4-17-16(21)10-18-15-9-14(19-11(2)20-15)12-7-13(22)8-12/h4,6,9,12-13,22H,3,5,7-8,10H2,1-2H3,(H,18,19,20). The SMILES string of the molecule is CCCn1ccnc1CNc1cc(C2CC(O)C2)nc(C)n1. The number of aliphatic hydroxyl groups excluding tert-OH is 1. The van der Waals surface area contributed by atoms with Crippen LogP contribution in [-0.4, -0.2) is 30.7 Å². The Morgan fingerprint density at radius 1 is 1.36 bits per heavy atom. The summed E-state index contributed by atoms with van der Waals surface area (Å²) in [5.41, 5.74) is 1.03. The molecule has 2 aromatic heterocycles. The number of hydrogen-bond donors (Lipinski definition) is 2. The monoisotopic (exact) mass is 301 g/mol. The second-order valence-corrected chi connectivity index (χ2v) is 5.94. The highest BCUT2D eigenvalue weighted by Gasteiger charge is 2.30. The van der Waals surface area contributed by atoms with E-state index in [2.05, 4.69) is 31.8 Å². The first-order valence-corrected chi connectivity index (χ1v) is 7.93. The number of rotatable bonds is 6. The molecule has 22 heavy (non-hydrogen) atoms. The fraction of sp³-hybridized carbons (Fsp3) is 0.562. The Balaban J connectivity index is 1.68. The number of nitrogens with one attached hydrogen (secondary N) is 1. The van der Waals surface area contributed by atoms with Crippen LogP contribution in [0.3, 0.4) is 0 Å². The zero-order valence-electron chi connectivity index (χ0n) is 13.2. The smallest absolute Gasteiger partial charge is 0.130 e. The molecule has 6 heteroatoms. The van der Waals surface area contributed by atoms with Crippen LogP contribution in [-0.2, 0) is 13.1 Å². The van der Waals surface area contributed by atoms with Crippen molar-refractivity contribution < 1.29 is 5.11 Å². The lowest BCUT2D eigenvalue weighted by atomic mass is 9.80. The van der Waals surface area contributed by atoms with Gasteiger partial charge in [-0.1, -0.05) is 6.92 Å². The second kappa shape index (κ2) is 6.44. The van der Waals surface area contributed by atoms with E-state index in [9.17, 15) is 5.11 Å². The maximum absolute atomic E-state index is 9.46.